The van der Waals surface area contributed by atoms with E-state index in [9.17, 15) is 15.0 Å². The van der Waals surface area contributed by atoms with E-state index in [0.29, 0.717) is 42.3 Å². The number of phenols is 2. The Kier molecular flexibility index (Phi) is 6.99. The Bertz CT molecular complexity index is 1170. The number of rotatable bonds is 6. The van der Waals surface area contributed by atoms with Gasteiger partial charge in [-0.2, -0.15) is 0 Å². The summed E-state index contributed by atoms with van der Waals surface area (Å²) in [5.74, 6) is 0.763. The number of ether oxygens (including phenoxy) is 2. The summed E-state index contributed by atoms with van der Waals surface area (Å²) in [7, 11) is 2.98. The van der Waals surface area contributed by atoms with Crippen LogP contribution in [0.2, 0.25) is 0 Å². The molecule has 0 bridgehead atoms. The minimum atomic E-state index is -0.0385. The second kappa shape index (κ2) is 10.3. The van der Waals surface area contributed by atoms with Gasteiger partial charge < -0.3 is 19.7 Å². The van der Waals surface area contributed by atoms with Crippen LogP contribution in [0.3, 0.4) is 0 Å². The number of aromatic hydroxyl groups is 2. The average Bonchev–Trinajstić information content (AvgIpc) is 2.85. The zero-order valence-electron chi connectivity index (χ0n) is 19.2. The van der Waals surface area contributed by atoms with Crippen LogP contribution in [0.5, 0.6) is 23.0 Å². The van der Waals surface area contributed by atoms with Gasteiger partial charge in [0, 0.05) is 30.8 Å². The summed E-state index contributed by atoms with van der Waals surface area (Å²) < 4.78 is 10.4. The number of hydrogen-bond donors (Lipinski definition) is 2. The molecular weight excluding hydrogens is 430 g/mol. The van der Waals surface area contributed by atoms with Crippen molar-refractivity contribution in [1.82, 2.24) is 4.90 Å². The molecule has 1 heterocycles. The number of Topliss-reactive ketones (excluding diaryl/α,β-unsaturated/α-hetero) is 1. The van der Waals surface area contributed by atoms with Crippen molar-refractivity contribution >= 4 is 17.9 Å². The zero-order valence-corrected chi connectivity index (χ0v) is 19.2. The normalized spacial score (nSPS) is 16.7. The van der Waals surface area contributed by atoms with E-state index < -0.39 is 0 Å². The number of methoxy groups -OCH3 is 2. The van der Waals surface area contributed by atoms with Gasteiger partial charge >= 0.3 is 0 Å². The molecule has 1 aliphatic heterocycles. The fourth-order valence-corrected chi connectivity index (χ4v) is 4.03. The molecule has 0 spiro atoms. The third-order valence-electron chi connectivity index (χ3n) is 5.71. The summed E-state index contributed by atoms with van der Waals surface area (Å²) in [5, 5.41) is 19.8. The Morgan fingerprint density at radius 1 is 0.794 bits per heavy atom. The average molecular weight is 458 g/mol. The first kappa shape index (κ1) is 23.1. The molecule has 34 heavy (non-hydrogen) atoms. The summed E-state index contributed by atoms with van der Waals surface area (Å²) >= 11 is 0. The molecule has 0 amide bonds. The number of piperidine rings is 1. The van der Waals surface area contributed by atoms with Crippen LogP contribution in [0.1, 0.15) is 16.7 Å². The lowest BCUT2D eigenvalue weighted by molar-refractivity contribution is -0.113. The molecule has 3 aromatic carbocycles. The van der Waals surface area contributed by atoms with E-state index in [1.165, 1.54) is 14.2 Å². The Balaban J connectivity index is 1.71. The molecule has 0 saturated carbocycles. The van der Waals surface area contributed by atoms with Gasteiger partial charge in [-0.1, -0.05) is 42.5 Å². The molecule has 174 valence electrons. The number of hydrogen-bond acceptors (Lipinski definition) is 6. The van der Waals surface area contributed by atoms with Crippen molar-refractivity contribution in [3.05, 3.63) is 94.6 Å². The van der Waals surface area contributed by atoms with Crippen LogP contribution in [0.25, 0.3) is 12.2 Å². The third kappa shape index (κ3) is 5.30. The van der Waals surface area contributed by atoms with Crippen LogP contribution in [0, 0.1) is 0 Å². The maximum absolute atomic E-state index is 13.5. The van der Waals surface area contributed by atoms with E-state index in [1.807, 2.05) is 30.4 Å². The molecule has 4 rings (SSSR count). The van der Waals surface area contributed by atoms with Crippen molar-refractivity contribution in [3.63, 3.8) is 0 Å². The molecule has 0 aliphatic carbocycles. The molecule has 0 aromatic heterocycles. The maximum Gasteiger partial charge on any atom is 0.187 e. The van der Waals surface area contributed by atoms with Gasteiger partial charge in [0.15, 0.2) is 28.8 Å². The van der Waals surface area contributed by atoms with E-state index in [-0.39, 0.29) is 17.3 Å². The van der Waals surface area contributed by atoms with Gasteiger partial charge in [-0.3, -0.25) is 9.69 Å². The Labute approximate surface area is 199 Å². The molecule has 1 aliphatic rings. The molecule has 1 fully saturated rings. The van der Waals surface area contributed by atoms with Gasteiger partial charge in [0.05, 0.1) is 14.2 Å². The largest absolute Gasteiger partial charge is 0.504 e. The SMILES string of the molecule is COc1cc(/C=C2/CN(Cc3ccccc3)C/C(=C/c3ccc(O)c(OC)c3)C2=O)ccc1O. The van der Waals surface area contributed by atoms with Gasteiger partial charge in [-0.15, -0.1) is 0 Å². The maximum atomic E-state index is 13.5. The van der Waals surface area contributed by atoms with Crippen LogP contribution in [0.15, 0.2) is 77.9 Å². The van der Waals surface area contributed by atoms with Crippen molar-refractivity contribution in [2.45, 2.75) is 6.54 Å². The summed E-state index contributed by atoms with van der Waals surface area (Å²) in [6.45, 7) is 1.68. The second-order valence-electron chi connectivity index (χ2n) is 8.16. The van der Waals surface area contributed by atoms with Crippen molar-refractivity contribution in [2.75, 3.05) is 27.3 Å². The second-order valence-corrected chi connectivity index (χ2v) is 8.16. The van der Waals surface area contributed by atoms with Crippen molar-refractivity contribution < 1.29 is 24.5 Å². The molecule has 2 N–H and O–H groups in total. The quantitative estimate of drug-likeness (QED) is 0.524. The smallest absolute Gasteiger partial charge is 0.187 e. The highest BCUT2D eigenvalue weighted by Crippen LogP contribution is 2.31. The monoisotopic (exact) mass is 457 g/mol. The minimum absolute atomic E-state index is 0.0385. The van der Waals surface area contributed by atoms with Crippen molar-refractivity contribution in [3.8, 4) is 23.0 Å². The predicted molar refractivity (Wildman–Crippen MR) is 132 cm³/mol. The lowest BCUT2D eigenvalue weighted by Crippen LogP contribution is -2.37. The number of nitrogens with zero attached hydrogens (tertiary/aromatic N) is 1. The van der Waals surface area contributed by atoms with Gasteiger partial charge in [-0.05, 0) is 53.1 Å². The number of benzene rings is 3. The van der Waals surface area contributed by atoms with Gasteiger partial charge in [0.25, 0.3) is 0 Å². The summed E-state index contributed by atoms with van der Waals surface area (Å²) in [5.41, 5.74) is 3.99. The lowest BCUT2D eigenvalue weighted by Gasteiger charge is -2.30. The molecule has 6 nitrogen and oxygen atoms in total. The molecule has 3 aromatic rings. The van der Waals surface area contributed by atoms with Crippen LogP contribution in [-0.2, 0) is 11.3 Å². The molecule has 0 atom stereocenters. The van der Waals surface area contributed by atoms with E-state index >= 15 is 0 Å². The third-order valence-corrected chi connectivity index (χ3v) is 5.71. The first-order chi connectivity index (χ1) is 16.5. The molecular formula is C28H27NO5. The summed E-state index contributed by atoms with van der Waals surface area (Å²) in [6, 6.07) is 20.2. The number of phenolic OH excluding ortho intramolecular Hbond substituents is 2. The van der Waals surface area contributed by atoms with E-state index in [4.69, 9.17) is 9.47 Å². The van der Waals surface area contributed by atoms with Gasteiger partial charge in [-0.25, -0.2) is 0 Å². The highest BCUT2D eigenvalue weighted by molar-refractivity contribution is 6.14. The van der Waals surface area contributed by atoms with Gasteiger partial charge in [0.2, 0.25) is 0 Å². The van der Waals surface area contributed by atoms with Crippen molar-refractivity contribution in [2.24, 2.45) is 0 Å². The topological polar surface area (TPSA) is 79.2 Å². The fraction of sp³-hybridized carbons (Fsp3) is 0.179. The molecule has 0 radical (unpaired) electrons. The first-order valence-electron chi connectivity index (χ1n) is 10.9. The number of ketones is 1. The van der Waals surface area contributed by atoms with E-state index in [1.54, 1.807) is 36.4 Å². The number of likely N-dealkylation sites (tertiary alicyclic amines) is 1. The van der Waals surface area contributed by atoms with Crippen molar-refractivity contribution in [1.29, 1.82) is 0 Å². The summed E-state index contributed by atoms with van der Waals surface area (Å²) in [6.07, 6.45) is 3.68. The Hall–Kier alpha value is -4.03. The standard InChI is InChI=1S/C28H27NO5/c1-33-26-14-20(8-10-24(26)30)12-22-17-29(16-19-6-4-3-5-7-19)18-23(28(22)32)13-21-9-11-25(31)27(15-21)34-2/h3-15,30-31H,16-18H2,1-2H3/b22-12-,23-13-. The Morgan fingerprint density at radius 3 is 1.76 bits per heavy atom. The molecule has 1 saturated heterocycles. The molecule has 6 heteroatoms. The lowest BCUT2D eigenvalue weighted by atomic mass is 9.93. The molecule has 0 unspecified atom stereocenters. The van der Waals surface area contributed by atoms with Gasteiger partial charge in [0.1, 0.15) is 0 Å². The Morgan fingerprint density at radius 2 is 1.29 bits per heavy atom. The van der Waals surface area contributed by atoms with Crippen LogP contribution < -0.4 is 9.47 Å². The summed E-state index contributed by atoms with van der Waals surface area (Å²) in [4.78, 5) is 15.7. The number of carbonyl (C=O) groups excluding carboxylic acids is 1. The zero-order chi connectivity index (χ0) is 24.1. The highest BCUT2D eigenvalue weighted by atomic mass is 16.5. The van der Waals surface area contributed by atoms with Crippen LogP contribution in [-0.4, -0.2) is 48.2 Å². The fourth-order valence-electron chi connectivity index (χ4n) is 4.03. The minimum Gasteiger partial charge on any atom is -0.504 e. The van der Waals surface area contributed by atoms with Crippen LogP contribution in [0.4, 0.5) is 0 Å². The van der Waals surface area contributed by atoms with E-state index in [2.05, 4.69) is 17.0 Å². The highest BCUT2D eigenvalue weighted by Gasteiger charge is 2.26. The number of carbonyl (C=O) groups is 1. The first-order valence-corrected chi connectivity index (χ1v) is 10.9. The van der Waals surface area contributed by atoms with Crippen LogP contribution >= 0.6 is 0 Å². The predicted octanol–water partition coefficient (Wildman–Crippen LogP) is 4.67. The van der Waals surface area contributed by atoms with E-state index in [0.717, 1.165) is 16.7 Å².